The van der Waals surface area contributed by atoms with Crippen LogP contribution in [0.1, 0.15) is 32.1 Å². The summed E-state index contributed by atoms with van der Waals surface area (Å²) in [5, 5.41) is 14.2. The summed E-state index contributed by atoms with van der Waals surface area (Å²) in [6.07, 6.45) is 9.40. The Morgan fingerprint density at radius 3 is 2.59 bits per heavy atom. The predicted octanol–water partition coefficient (Wildman–Crippen LogP) is 1.04. The van der Waals surface area contributed by atoms with E-state index in [1.807, 2.05) is 4.57 Å². The van der Waals surface area contributed by atoms with Crippen LogP contribution >= 0.6 is 0 Å². The molecule has 1 heterocycles. The van der Waals surface area contributed by atoms with Gasteiger partial charge in [-0.1, -0.05) is 0 Å². The second-order valence-corrected chi connectivity index (χ2v) is 5.70. The van der Waals surface area contributed by atoms with Gasteiger partial charge in [-0.05, 0) is 38.0 Å². The van der Waals surface area contributed by atoms with Crippen molar-refractivity contribution in [3.63, 3.8) is 0 Å². The molecule has 2 rings (SSSR count). The van der Waals surface area contributed by atoms with E-state index in [0.717, 1.165) is 64.0 Å². The van der Waals surface area contributed by atoms with Gasteiger partial charge in [0.25, 0.3) is 0 Å². The van der Waals surface area contributed by atoms with Gasteiger partial charge in [0.05, 0.1) is 0 Å². The molecule has 1 aliphatic carbocycles. The van der Waals surface area contributed by atoms with E-state index in [4.69, 9.17) is 4.74 Å². The predicted molar refractivity (Wildman–Crippen MR) is 86.8 cm³/mol. The lowest BCUT2D eigenvalue weighted by Crippen LogP contribution is -2.38. The molecule has 0 aromatic carbocycles. The fraction of sp³-hybridized carbons (Fsp3) is 0.800. The Labute approximate surface area is 132 Å². The van der Waals surface area contributed by atoms with E-state index in [2.05, 4.69) is 25.8 Å². The lowest BCUT2D eigenvalue weighted by molar-refractivity contribution is 0.123. The van der Waals surface area contributed by atoms with Crippen molar-refractivity contribution in [3.05, 3.63) is 12.7 Å². The summed E-state index contributed by atoms with van der Waals surface area (Å²) in [7, 11) is 1.80. The number of ether oxygens (including phenoxy) is 1. The topological polar surface area (TPSA) is 76.4 Å². The van der Waals surface area contributed by atoms with Gasteiger partial charge in [-0.25, -0.2) is 0 Å². The van der Waals surface area contributed by atoms with Crippen LogP contribution in [-0.2, 0) is 11.3 Å². The van der Waals surface area contributed by atoms with Gasteiger partial charge in [0.15, 0.2) is 5.96 Å². The molecule has 0 radical (unpaired) electrons. The molecule has 0 amide bonds. The van der Waals surface area contributed by atoms with Gasteiger partial charge in [-0.15, -0.1) is 10.2 Å². The second-order valence-electron chi connectivity index (χ2n) is 5.70. The van der Waals surface area contributed by atoms with Crippen LogP contribution in [0, 0.1) is 5.92 Å². The highest BCUT2D eigenvalue weighted by Crippen LogP contribution is 2.28. The molecule has 2 N–H and O–H groups in total. The molecule has 7 heteroatoms. The minimum Gasteiger partial charge on any atom is -0.381 e. The Hall–Kier alpha value is -1.63. The first-order chi connectivity index (χ1) is 10.9. The van der Waals surface area contributed by atoms with Gasteiger partial charge in [0.2, 0.25) is 0 Å². The minimum atomic E-state index is 0.833. The molecule has 7 nitrogen and oxygen atoms in total. The highest BCUT2D eigenvalue weighted by Gasteiger charge is 2.20. The van der Waals surface area contributed by atoms with E-state index in [-0.39, 0.29) is 0 Å². The summed E-state index contributed by atoms with van der Waals surface area (Å²) in [5.41, 5.74) is 0. The van der Waals surface area contributed by atoms with Crippen LogP contribution in [0.3, 0.4) is 0 Å². The van der Waals surface area contributed by atoms with Crippen LogP contribution in [0.4, 0.5) is 0 Å². The maximum absolute atomic E-state index is 5.61. The third kappa shape index (κ3) is 7.40. The molecule has 1 saturated carbocycles. The van der Waals surface area contributed by atoms with Crippen LogP contribution in [0.5, 0.6) is 0 Å². The molecule has 124 valence electrons. The molecule has 0 atom stereocenters. The minimum absolute atomic E-state index is 0.833. The molecule has 1 fully saturated rings. The number of nitrogens with zero attached hydrogens (tertiary/aromatic N) is 4. The Morgan fingerprint density at radius 1 is 1.18 bits per heavy atom. The number of unbranched alkanes of at least 4 members (excludes halogenated alkanes) is 1. The number of hydrogen-bond acceptors (Lipinski definition) is 4. The SMILES string of the molecule is CN=C(NCCCCn1cnnc1)NCCCOCC1CC1. The molecule has 0 saturated heterocycles. The normalized spacial score (nSPS) is 15.0. The van der Waals surface area contributed by atoms with Crippen molar-refractivity contribution in [1.29, 1.82) is 0 Å². The molecule has 1 aromatic heterocycles. The van der Waals surface area contributed by atoms with Crippen LogP contribution in [0.15, 0.2) is 17.6 Å². The lowest BCUT2D eigenvalue weighted by Gasteiger charge is -2.12. The fourth-order valence-corrected chi connectivity index (χ4v) is 2.10. The highest BCUT2D eigenvalue weighted by atomic mass is 16.5. The van der Waals surface area contributed by atoms with Crippen molar-refractivity contribution in [1.82, 2.24) is 25.4 Å². The summed E-state index contributed by atoms with van der Waals surface area (Å²) in [4.78, 5) is 4.22. The summed E-state index contributed by atoms with van der Waals surface area (Å²) < 4.78 is 7.60. The molecule has 0 unspecified atom stereocenters. The van der Waals surface area contributed by atoms with Gasteiger partial charge >= 0.3 is 0 Å². The number of hydrogen-bond donors (Lipinski definition) is 2. The zero-order valence-electron chi connectivity index (χ0n) is 13.5. The first-order valence-corrected chi connectivity index (χ1v) is 8.23. The third-order valence-corrected chi connectivity index (χ3v) is 3.63. The van der Waals surface area contributed by atoms with Crippen molar-refractivity contribution in [2.45, 2.75) is 38.6 Å². The Kier molecular flexibility index (Phi) is 7.73. The van der Waals surface area contributed by atoms with Gasteiger partial charge in [0.1, 0.15) is 12.7 Å². The van der Waals surface area contributed by atoms with Gasteiger partial charge in [0, 0.05) is 39.9 Å². The number of aromatic nitrogens is 3. The van der Waals surface area contributed by atoms with Gasteiger partial charge in [-0.2, -0.15) is 0 Å². The van der Waals surface area contributed by atoms with E-state index < -0.39 is 0 Å². The van der Waals surface area contributed by atoms with Gasteiger partial charge in [-0.3, -0.25) is 4.99 Å². The monoisotopic (exact) mass is 308 g/mol. The number of nitrogens with one attached hydrogen (secondary N) is 2. The first kappa shape index (κ1) is 16.7. The third-order valence-electron chi connectivity index (χ3n) is 3.63. The summed E-state index contributed by atoms with van der Waals surface area (Å²) in [6.45, 7) is 4.54. The summed E-state index contributed by atoms with van der Waals surface area (Å²) in [5.74, 6) is 1.71. The highest BCUT2D eigenvalue weighted by molar-refractivity contribution is 5.79. The zero-order chi connectivity index (χ0) is 15.5. The number of aliphatic imine (C=N–C) groups is 1. The number of rotatable bonds is 11. The van der Waals surface area contributed by atoms with Crippen LogP contribution < -0.4 is 10.6 Å². The van der Waals surface area contributed by atoms with Crippen molar-refractivity contribution < 1.29 is 4.74 Å². The van der Waals surface area contributed by atoms with E-state index in [0.29, 0.717) is 0 Å². The quantitative estimate of drug-likeness (QED) is 0.363. The van der Waals surface area contributed by atoms with Crippen molar-refractivity contribution in [2.75, 3.05) is 33.4 Å². The molecule has 22 heavy (non-hydrogen) atoms. The van der Waals surface area contributed by atoms with Crippen LogP contribution in [0.25, 0.3) is 0 Å². The molecule has 1 aliphatic rings. The fourth-order valence-electron chi connectivity index (χ4n) is 2.10. The average Bonchev–Trinajstić information content (AvgIpc) is 3.21. The van der Waals surface area contributed by atoms with Gasteiger partial charge < -0.3 is 19.9 Å². The lowest BCUT2D eigenvalue weighted by atomic mass is 10.3. The molecule has 0 spiro atoms. The van der Waals surface area contributed by atoms with E-state index in [1.165, 1.54) is 12.8 Å². The number of aryl methyl sites for hydroxylation is 1. The zero-order valence-corrected chi connectivity index (χ0v) is 13.5. The Bertz CT molecular complexity index is 416. The molecule has 1 aromatic rings. The maximum atomic E-state index is 5.61. The van der Waals surface area contributed by atoms with Crippen LogP contribution in [0.2, 0.25) is 0 Å². The van der Waals surface area contributed by atoms with E-state index in [1.54, 1.807) is 19.7 Å². The standard InChI is InChI=1S/C15H28N6O/c1-16-15(18-8-4-10-22-11-14-5-6-14)17-7-2-3-9-21-12-19-20-13-21/h12-14H,2-11H2,1H3,(H2,16,17,18). The Balaban J connectivity index is 1.40. The maximum Gasteiger partial charge on any atom is 0.190 e. The molecular weight excluding hydrogens is 280 g/mol. The van der Waals surface area contributed by atoms with E-state index >= 15 is 0 Å². The average molecular weight is 308 g/mol. The second kappa shape index (κ2) is 10.2. The van der Waals surface area contributed by atoms with Crippen molar-refractivity contribution >= 4 is 5.96 Å². The van der Waals surface area contributed by atoms with Crippen molar-refractivity contribution in [2.24, 2.45) is 10.9 Å². The molecule has 0 bridgehead atoms. The van der Waals surface area contributed by atoms with E-state index in [9.17, 15) is 0 Å². The molecule has 0 aliphatic heterocycles. The van der Waals surface area contributed by atoms with Crippen molar-refractivity contribution in [3.8, 4) is 0 Å². The Morgan fingerprint density at radius 2 is 1.91 bits per heavy atom. The molecular formula is C15H28N6O. The van der Waals surface area contributed by atoms with Crippen LogP contribution in [-0.4, -0.2) is 54.1 Å². The summed E-state index contributed by atoms with van der Waals surface area (Å²) in [6, 6.07) is 0. The largest absolute Gasteiger partial charge is 0.381 e. The smallest absolute Gasteiger partial charge is 0.190 e. The first-order valence-electron chi connectivity index (χ1n) is 8.23. The number of guanidine groups is 1. The summed E-state index contributed by atoms with van der Waals surface area (Å²) >= 11 is 0.